The molecule has 100 valence electrons. The number of aryl methyl sites for hydroxylation is 1. The number of ether oxygens (including phenoxy) is 1. The first-order valence-electron chi connectivity index (χ1n) is 5.75. The van der Waals surface area contributed by atoms with Crippen molar-refractivity contribution in [1.82, 2.24) is 14.1 Å². The number of hydrogen-bond acceptors (Lipinski definition) is 4. The molecule has 6 heteroatoms. The average Bonchev–Trinajstić information content (AvgIpc) is 2.42. The van der Waals surface area contributed by atoms with Gasteiger partial charge in [-0.15, -0.1) is 6.58 Å². The van der Waals surface area contributed by atoms with Gasteiger partial charge in [0.25, 0.3) is 5.56 Å². The molecule has 0 spiro atoms. The van der Waals surface area contributed by atoms with E-state index in [-0.39, 0.29) is 5.56 Å². The lowest BCUT2D eigenvalue weighted by atomic mass is 10.1. The fourth-order valence-corrected chi connectivity index (χ4v) is 2.02. The third kappa shape index (κ3) is 1.95. The van der Waals surface area contributed by atoms with Crippen LogP contribution in [0.4, 0.5) is 0 Å². The first kappa shape index (κ1) is 13.1. The highest BCUT2D eigenvalue weighted by atomic mass is 16.5. The number of allylic oxidation sites excluding steroid dienone is 1. The van der Waals surface area contributed by atoms with Gasteiger partial charge in [-0.2, -0.15) is 4.98 Å². The van der Waals surface area contributed by atoms with E-state index >= 15 is 0 Å². The van der Waals surface area contributed by atoms with E-state index in [2.05, 4.69) is 11.6 Å². The third-order valence-corrected chi connectivity index (χ3v) is 3.04. The Morgan fingerprint density at radius 3 is 2.63 bits per heavy atom. The fourth-order valence-electron chi connectivity index (χ4n) is 2.02. The lowest BCUT2D eigenvalue weighted by molar-refractivity contribution is 0.398. The second-order valence-electron chi connectivity index (χ2n) is 4.22. The zero-order valence-corrected chi connectivity index (χ0v) is 11.1. The van der Waals surface area contributed by atoms with Crippen LogP contribution in [-0.2, 0) is 20.5 Å². The molecular weight excluding hydrogens is 246 g/mol. The van der Waals surface area contributed by atoms with Gasteiger partial charge in [-0.1, -0.05) is 6.08 Å². The molecule has 0 N–H and O–H groups in total. The van der Waals surface area contributed by atoms with Crippen molar-refractivity contribution in [2.45, 2.75) is 6.42 Å². The van der Waals surface area contributed by atoms with E-state index in [4.69, 9.17) is 4.74 Å². The average molecular weight is 261 g/mol. The Kier molecular flexibility index (Phi) is 3.25. The molecule has 2 aromatic rings. The summed E-state index contributed by atoms with van der Waals surface area (Å²) < 4.78 is 7.52. The molecule has 0 aliphatic rings. The van der Waals surface area contributed by atoms with Crippen molar-refractivity contribution in [2.75, 3.05) is 7.11 Å². The van der Waals surface area contributed by atoms with Crippen LogP contribution >= 0.6 is 0 Å². The van der Waals surface area contributed by atoms with Crippen LogP contribution in [0.3, 0.4) is 0 Å². The van der Waals surface area contributed by atoms with Crippen LogP contribution in [0.1, 0.15) is 5.56 Å². The number of pyridine rings is 1. The van der Waals surface area contributed by atoms with Gasteiger partial charge in [-0.25, -0.2) is 4.79 Å². The number of aromatic nitrogens is 3. The molecule has 0 unspecified atom stereocenters. The summed E-state index contributed by atoms with van der Waals surface area (Å²) in [6.07, 6.45) is 2.20. The summed E-state index contributed by atoms with van der Waals surface area (Å²) >= 11 is 0. The maximum Gasteiger partial charge on any atom is 0.332 e. The Morgan fingerprint density at radius 2 is 2.05 bits per heavy atom. The fraction of sp³-hybridized carbons (Fsp3) is 0.308. The molecular formula is C13H15N3O3. The molecule has 2 rings (SSSR count). The number of hydrogen-bond donors (Lipinski definition) is 0. The number of methoxy groups -OCH3 is 1. The van der Waals surface area contributed by atoms with E-state index < -0.39 is 5.69 Å². The van der Waals surface area contributed by atoms with Gasteiger partial charge < -0.3 is 4.74 Å². The Labute approximate surface area is 109 Å². The van der Waals surface area contributed by atoms with Gasteiger partial charge in [0, 0.05) is 20.2 Å². The van der Waals surface area contributed by atoms with E-state index in [1.54, 1.807) is 19.2 Å². The highest BCUT2D eigenvalue weighted by Gasteiger charge is 2.14. The van der Waals surface area contributed by atoms with Gasteiger partial charge in [-0.3, -0.25) is 13.9 Å². The summed E-state index contributed by atoms with van der Waals surface area (Å²) in [5.41, 5.74) is 0.297. The predicted molar refractivity (Wildman–Crippen MR) is 72.7 cm³/mol. The zero-order chi connectivity index (χ0) is 14.2. The van der Waals surface area contributed by atoms with E-state index in [1.807, 2.05) is 0 Å². The van der Waals surface area contributed by atoms with E-state index in [9.17, 15) is 9.59 Å². The van der Waals surface area contributed by atoms with E-state index in [0.29, 0.717) is 23.3 Å². The first-order valence-corrected chi connectivity index (χ1v) is 5.75. The number of nitrogens with zero attached hydrogens (tertiary/aromatic N) is 3. The monoisotopic (exact) mass is 261 g/mol. The van der Waals surface area contributed by atoms with Gasteiger partial charge in [0.1, 0.15) is 0 Å². The molecule has 0 fully saturated rings. The Morgan fingerprint density at radius 1 is 1.37 bits per heavy atom. The molecule has 19 heavy (non-hydrogen) atoms. The second-order valence-corrected chi connectivity index (χ2v) is 4.22. The summed E-state index contributed by atoms with van der Waals surface area (Å²) in [7, 11) is 4.52. The minimum absolute atomic E-state index is 0.323. The number of rotatable bonds is 3. The molecule has 0 aliphatic carbocycles. The molecule has 0 aliphatic heterocycles. The summed E-state index contributed by atoms with van der Waals surface area (Å²) in [6.45, 7) is 3.67. The molecule has 0 amide bonds. The van der Waals surface area contributed by atoms with Gasteiger partial charge >= 0.3 is 5.69 Å². The molecule has 2 heterocycles. The second kappa shape index (κ2) is 4.72. The lowest BCUT2D eigenvalue weighted by Gasteiger charge is -2.11. The summed E-state index contributed by atoms with van der Waals surface area (Å²) in [5.74, 6) is 0.368. The normalized spacial score (nSPS) is 10.7. The quantitative estimate of drug-likeness (QED) is 0.749. The largest absolute Gasteiger partial charge is 0.481 e. The predicted octanol–water partition coefficient (Wildman–Crippen LogP) is 0.369. The maximum atomic E-state index is 12.2. The van der Waals surface area contributed by atoms with Crippen molar-refractivity contribution >= 4 is 11.0 Å². The molecule has 0 saturated carbocycles. The number of fused-ring (bicyclic) bond motifs is 1. The van der Waals surface area contributed by atoms with Crippen molar-refractivity contribution < 1.29 is 4.74 Å². The van der Waals surface area contributed by atoms with Crippen LogP contribution in [0.2, 0.25) is 0 Å². The van der Waals surface area contributed by atoms with Gasteiger partial charge in [0.2, 0.25) is 5.88 Å². The highest BCUT2D eigenvalue weighted by molar-refractivity contribution is 5.79. The minimum atomic E-state index is -0.414. The molecule has 6 nitrogen and oxygen atoms in total. The molecule has 0 bridgehead atoms. The van der Waals surface area contributed by atoms with Crippen LogP contribution in [0.25, 0.3) is 11.0 Å². The van der Waals surface area contributed by atoms with E-state index in [0.717, 1.165) is 10.1 Å². The van der Waals surface area contributed by atoms with E-state index in [1.165, 1.54) is 18.7 Å². The minimum Gasteiger partial charge on any atom is -0.481 e. The SMILES string of the molecule is C=CCc1cc(OC)nc2c1c(=O)n(C)c(=O)n2C. The smallest absolute Gasteiger partial charge is 0.332 e. The van der Waals surface area contributed by atoms with Crippen LogP contribution in [0, 0.1) is 0 Å². The standard InChI is InChI=1S/C13H15N3O3/c1-5-6-8-7-9(19-4)14-11-10(8)12(17)16(3)13(18)15(11)2/h5,7H,1,6H2,2-4H3. The van der Waals surface area contributed by atoms with Crippen molar-refractivity contribution in [1.29, 1.82) is 0 Å². The van der Waals surface area contributed by atoms with Crippen molar-refractivity contribution in [3.63, 3.8) is 0 Å². The molecule has 0 saturated heterocycles. The van der Waals surface area contributed by atoms with Gasteiger partial charge in [0.15, 0.2) is 5.65 Å². The van der Waals surface area contributed by atoms with Gasteiger partial charge in [-0.05, 0) is 12.0 Å². The maximum absolute atomic E-state index is 12.2. The summed E-state index contributed by atoms with van der Waals surface area (Å²) in [6, 6.07) is 1.69. The van der Waals surface area contributed by atoms with Crippen molar-refractivity contribution in [2.24, 2.45) is 14.1 Å². The molecule has 2 aromatic heterocycles. The molecule has 0 aromatic carbocycles. The van der Waals surface area contributed by atoms with Crippen LogP contribution in [0.5, 0.6) is 5.88 Å². The van der Waals surface area contributed by atoms with Crippen LogP contribution in [-0.4, -0.2) is 21.2 Å². The Bertz CT molecular complexity index is 771. The van der Waals surface area contributed by atoms with Crippen molar-refractivity contribution in [3.05, 3.63) is 45.1 Å². The molecule has 0 radical (unpaired) electrons. The molecule has 0 atom stereocenters. The topological polar surface area (TPSA) is 66.1 Å². The summed E-state index contributed by atoms with van der Waals surface area (Å²) in [5, 5.41) is 0.422. The third-order valence-electron chi connectivity index (χ3n) is 3.04. The Hall–Kier alpha value is -2.37. The van der Waals surface area contributed by atoms with Crippen LogP contribution < -0.4 is 16.0 Å². The first-order chi connectivity index (χ1) is 9.01. The van der Waals surface area contributed by atoms with Crippen LogP contribution in [0.15, 0.2) is 28.3 Å². The van der Waals surface area contributed by atoms with Gasteiger partial charge in [0.05, 0.1) is 12.5 Å². The highest BCUT2D eigenvalue weighted by Crippen LogP contribution is 2.18. The summed E-state index contributed by atoms with van der Waals surface area (Å²) in [4.78, 5) is 28.3. The lowest BCUT2D eigenvalue weighted by Crippen LogP contribution is -2.37. The van der Waals surface area contributed by atoms with Crippen molar-refractivity contribution in [3.8, 4) is 5.88 Å². The zero-order valence-electron chi connectivity index (χ0n) is 11.1. The Balaban J connectivity index is 3.06.